The highest BCUT2D eigenvalue weighted by Crippen LogP contribution is 2.31. The molecule has 2 rings (SSSR count). The van der Waals surface area contributed by atoms with Crippen LogP contribution in [-0.2, 0) is 0 Å². The average Bonchev–Trinajstić information content (AvgIpc) is 2.85. The van der Waals surface area contributed by atoms with Crippen molar-refractivity contribution in [1.29, 1.82) is 0 Å². The summed E-state index contributed by atoms with van der Waals surface area (Å²) < 4.78 is 5.71. The molecule has 1 aromatic rings. The Morgan fingerprint density at radius 2 is 2.33 bits per heavy atom. The van der Waals surface area contributed by atoms with Crippen LogP contribution in [0.3, 0.4) is 0 Å². The van der Waals surface area contributed by atoms with Crippen LogP contribution >= 0.6 is 0 Å². The SMILES string of the molecule is CCNC(C1=CCCC1)c1ccc(C)o1. The molecule has 1 aliphatic rings. The van der Waals surface area contributed by atoms with Gasteiger partial charge in [0, 0.05) is 0 Å². The van der Waals surface area contributed by atoms with Gasteiger partial charge in [-0.15, -0.1) is 0 Å². The van der Waals surface area contributed by atoms with E-state index in [0.717, 1.165) is 18.1 Å². The maximum atomic E-state index is 5.71. The molecule has 2 nitrogen and oxygen atoms in total. The molecule has 0 amide bonds. The van der Waals surface area contributed by atoms with Gasteiger partial charge in [-0.3, -0.25) is 0 Å². The fraction of sp³-hybridized carbons (Fsp3) is 0.538. The predicted molar refractivity (Wildman–Crippen MR) is 61.8 cm³/mol. The first kappa shape index (κ1) is 10.5. The van der Waals surface area contributed by atoms with Crippen LogP contribution in [0.15, 0.2) is 28.2 Å². The monoisotopic (exact) mass is 205 g/mol. The number of hydrogen-bond acceptors (Lipinski definition) is 2. The molecule has 1 heterocycles. The predicted octanol–water partition coefficient (Wildman–Crippen LogP) is 3.35. The van der Waals surface area contributed by atoms with Crippen LogP contribution in [0.4, 0.5) is 0 Å². The molecule has 0 saturated carbocycles. The van der Waals surface area contributed by atoms with E-state index in [0.29, 0.717) is 6.04 Å². The van der Waals surface area contributed by atoms with Crippen LogP contribution in [-0.4, -0.2) is 6.54 Å². The first-order valence-electron chi connectivity index (χ1n) is 5.80. The minimum Gasteiger partial charge on any atom is -0.464 e. The molecule has 0 aromatic carbocycles. The van der Waals surface area contributed by atoms with Gasteiger partial charge in [0.15, 0.2) is 0 Å². The van der Waals surface area contributed by atoms with Crippen molar-refractivity contribution in [3.63, 3.8) is 0 Å². The maximum absolute atomic E-state index is 5.71. The lowest BCUT2D eigenvalue weighted by Crippen LogP contribution is -2.21. The molecule has 1 unspecified atom stereocenters. The van der Waals surface area contributed by atoms with E-state index < -0.39 is 0 Å². The second kappa shape index (κ2) is 4.67. The molecule has 15 heavy (non-hydrogen) atoms. The number of aryl methyl sites for hydroxylation is 1. The summed E-state index contributed by atoms with van der Waals surface area (Å²) in [7, 11) is 0. The van der Waals surface area contributed by atoms with Crippen LogP contribution in [0.5, 0.6) is 0 Å². The lowest BCUT2D eigenvalue weighted by atomic mass is 10.0. The smallest absolute Gasteiger partial charge is 0.125 e. The highest BCUT2D eigenvalue weighted by atomic mass is 16.3. The van der Waals surface area contributed by atoms with Gasteiger partial charge < -0.3 is 9.73 Å². The van der Waals surface area contributed by atoms with E-state index in [4.69, 9.17) is 4.42 Å². The van der Waals surface area contributed by atoms with Gasteiger partial charge >= 0.3 is 0 Å². The summed E-state index contributed by atoms with van der Waals surface area (Å²) in [5, 5.41) is 3.49. The zero-order valence-corrected chi connectivity index (χ0v) is 9.55. The molecule has 0 spiro atoms. The van der Waals surface area contributed by atoms with Crippen molar-refractivity contribution in [2.45, 2.75) is 39.2 Å². The van der Waals surface area contributed by atoms with Gasteiger partial charge in [0.1, 0.15) is 11.5 Å². The van der Waals surface area contributed by atoms with E-state index in [1.807, 2.05) is 13.0 Å². The Hall–Kier alpha value is -1.02. The summed E-state index contributed by atoms with van der Waals surface area (Å²) in [4.78, 5) is 0. The van der Waals surface area contributed by atoms with E-state index in [9.17, 15) is 0 Å². The maximum Gasteiger partial charge on any atom is 0.125 e. The molecule has 0 fully saturated rings. The molecule has 1 atom stereocenters. The van der Waals surface area contributed by atoms with E-state index in [1.165, 1.54) is 24.8 Å². The fourth-order valence-electron chi connectivity index (χ4n) is 2.19. The summed E-state index contributed by atoms with van der Waals surface area (Å²) in [6.45, 7) is 5.11. The lowest BCUT2D eigenvalue weighted by Gasteiger charge is -2.16. The van der Waals surface area contributed by atoms with Crippen molar-refractivity contribution in [2.75, 3.05) is 6.54 Å². The Morgan fingerprint density at radius 1 is 1.47 bits per heavy atom. The average molecular weight is 205 g/mol. The lowest BCUT2D eigenvalue weighted by molar-refractivity contribution is 0.428. The van der Waals surface area contributed by atoms with E-state index in [1.54, 1.807) is 0 Å². The summed E-state index contributed by atoms with van der Waals surface area (Å²) in [5.41, 5.74) is 1.49. The van der Waals surface area contributed by atoms with Crippen LogP contribution < -0.4 is 5.32 Å². The molecule has 1 aliphatic carbocycles. The second-order valence-corrected chi connectivity index (χ2v) is 4.11. The van der Waals surface area contributed by atoms with Crippen molar-refractivity contribution in [2.24, 2.45) is 0 Å². The molecule has 82 valence electrons. The molecule has 0 bridgehead atoms. The van der Waals surface area contributed by atoms with Crippen molar-refractivity contribution in [1.82, 2.24) is 5.32 Å². The Bertz CT molecular complexity index is 351. The number of nitrogens with one attached hydrogen (secondary N) is 1. The molecule has 0 radical (unpaired) electrons. The van der Waals surface area contributed by atoms with Crippen LogP contribution in [0, 0.1) is 6.92 Å². The third-order valence-electron chi connectivity index (χ3n) is 2.90. The van der Waals surface area contributed by atoms with E-state index >= 15 is 0 Å². The van der Waals surface area contributed by atoms with Crippen molar-refractivity contribution in [3.8, 4) is 0 Å². The zero-order valence-electron chi connectivity index (χ0n) is 9.55. The minimum atomic E-state index is 0.297. The van der Waals surface area contributed by atoms with Crippen LogP contribution in [0.2, 0.25) is 0 Å². The summed E-state index contributed by atoms with van der Waals surface area (Å²) >= 11 is 0. The van der Waals surface area contributed by atoms with E-state index in [-0.39, 0.29) is 0 Å². The van der Waals surface area contributed by atoms with Gasteiger partial charge in [-0.25, -0.2) is 0 Å². The van der Waals surface area contributed by atoms with Gasteiger partial charge in [0.05, 0.1) is 6.04 Å². The molecule has 0 aliphatic heterocycles. The van der Waals surface area contributed by atoms with Gasteiger partial charge in [0.25, 0.3) is 0 Å². The highest BCUT2D eigenvalue weighted by Gasteiger charge is 2.20. The van der Waals surface area contributed by atoms with Gasteiger partial charge in [-0.05, 0) is 50.4 Å². The molecular weight excluding hydrogens is 186 g/mol. The molecule has 0 saturated heterocycles. The third kappa shape index (κ3) is 2.32. The Kier molecular flexibility index (Phi) is 3.27. The molecule has 1 aromatic heterocycles. The summed E-state index contributed by atoms with van der Waals surface area (Å²) in [6.07, 6.45) is 6.07. The molecule has 2 heteroatoms. The fourth-order valence-corrected chi connectivity index (χ4v) is 2.19. The van der Waals surface area contributed by atoms with Crippen LogP contribution in [0.1, 0.15) is 43.7 Å². The number of furan rings is 1. The van der Waals surface area contributed by atoms with Crippen LogP contribution in [0.25, 0.3) is 0 Å². The Labute approximate surface area is 91.4 Å². The zero-order chi connectivity index (χ0) is 10.7. The number of rotatable bonds is 4. The van der Waals surface area contributed by atoms with Gasteiger partial charge in [-0.1, -0.05) is 13.0 Å². The topological polar surface area (TPSA) is 25.2 Å². The summed E-state index contributed by atoms with van der Waals surface area (Å²) in [6, 6.07) is 4.42. The summed E-state index contributed by atoms with van der Waals surface area (Å²) in [5.74, 6) is 2.05. The van der Waals surface area contributed by atoms with Gasteiger partial charge in [-0.2, -0.15) is 0 Å². The number of likely N-dealkylation sites (N-methyl/N-ethyl adjacent to an activating group) is 1. The first-order valence-corrected chi connectivity index (χ1v) is 5.80. The number of allylic oxidation sites excluding steroid dienone is 1. The quantitative estimate of drug-likeness (QED) is 0.762. The van der Waals surface area contributed by atoms with Gasteiger partial charge in [0.2, 0.25) is 0 Å². The molecular formula is C13H19NO. The normalized spacial score (nSPS) is 17.9. The Morgan fingerprint density at radius 3 is 2.87 bits per heavy atom. The van der Waals surface area contributed by atoms with Crippen molar-refractivity contribution in [3.05, 3.63) is 35.3 Å². The standard InChI is InChI=1S/C13H19NO/c1-3-14-13(11-6-4-5-7-11)12-9-8-10(2)15-12/h6,8-9,13-14H,3-5,7H2,1-2H3. The first-order chi connectivity index (χ1) is 7.31. The third-order valence-corrected chi connectivity index (χ3v) is 2.90. The second-order valence-electron chi connectivity index (χ2n) is 4.11. The highest BCUT2D eigenvalue weighted by molar-refractivity contribution is 5.24. The largest absolute Gasteiger partial charge is 0.464 e. The Balaban J connectivity index is 2.18. The number of hydrogen-bond donors (Lipinski definition) is 1. The van der Waals surface area contributed by atoms with Crippen molar-refractivity contribution >= 4 is 0 Å². The minimum absolute atomic E-state index is 0.297. The van der Waals surface area contributed by atoms with E-state index in [2.05, 4.69) is 24.4 Å². The molecule has 1 N–H and O–H groups in total. The van der Waals surface area contributed by atoms with Crippen molar-refractivity contribution < 1.29 is 4.42 Å².